The van der Waals surface area contributed by atoms with Crippen molar-refractivity contribution in [3.8, 4) is 0 Å². The second-order valence-corrected chi connectivity index (χ2v) is 2.39. The minimum Gasteiger partial charge on any atom is -0.343 e. The summed E-state index contributed by atoms with van der Waals surface area (Å²) in [5, 5.41) is 5.96. The standard InChI is InChI=1S/C6H13N3O/c1-5-7-9(3)6(10-4)8(5)2/h6H,1-4H3. The van der Waals surface area contributed by atoms with Crippen LogP contribution in [0.25, 0.3) is 0 Å². The fourth-order valence-electron chi connectivity index (χ4n) is 1.07. The Bertz CT molecular complexity index is 157. The molecule has 4 nitrogen and oxygen atoms in total. The van der Waals surface area contributed by atoms with Crippen molar-refractivity contribution in [1.29, 1.82) is 0 Å². The summed E-state index contributed by atoms with van der Waals surface area (Å²) in [6.45, 7) is 1.95. The van der Waals surface area contributed by atoms with E-state index in [1.807, 2.05) is 25.9 Å². The van der Waals surface area contributed by atoms with Crippen LogP contribution in [-0.2, 0) is 4.74 Å². The van der Waals surface area contributed by atoms with Crippen LogP contribution in [-0.4, -0.2) is 43.3 Å². The fourth-order valence-corrected chi connectivity index (χ4v) is 1.07. The Kier molecular flexibility index (Phi) is 1.80. The van der Waals surface area contributed by atoms with Crippen molar-refractivity contribution < 1.29 is 4.74 Å². The van der Waals surface area contributed by atoms with E-state index in [1.54, 1.807) is 12.1 Å². The van der Waals surface area contributed by atoms with Crippen LogP contribution in [0.3, 0.4) is 0 Å². The van der Waals surface area contributed by atoms with Gasteiger partial charge in [-0.3, -0.25) is 5.01 Å². The molecule has 1 atom stereocenters. The number of hydrogen-bond donors (Lipinski definition) is 0. The molecular formula is C6H13N3O. The van der Waals surface area contributed by atoms with Gasteiger partial charge >= 0.3 is 0 Å². The molecule has 1 unspecified atom stereocenters. The topological polar surface area (TPSA) is 28.1 Å². The lowest BCUT2D eigenvalue weighted by atomic mass is 10.6. The van der Waals surface area contributed by atoms with Crippen molar-refractivity contribution in [2.24, 2.45) is 5.10 Å². The van der Waals surface area contributed by atoms with Gasteiger partial charge in [-0.1, -0.05) is 0 Å². The number of nitrogens with zero attached hydrogens (tertiary/aromatic N) is 3. The van der Waals surface area contributed by atoms with E-state index >= 15 is 0 Å². The smallest absolute Gasteiger partial charge is 0.225 e. The van der Waals surface area contributed by atoms with Crippen LogP contribution in [0, 0.1) is 0 Å². The molecule has 1 aliphatic rings. The molecule has 0 aromatic carbocycles. The summed E-state index contributed by atoms with van der Waals surface area (Å²) in [4.78, 5) is 1.97. The number of ether oxygens (including phenoxy) is 1. The minimum atomic E-state index is -0.0278. The predicted molar refractivity (Wildman–Crippen MR) is 39.4 cm³/mol. The lowest BCUT2D eigenvalue weighted by Gasteiger charge is -2.23. The van der Waals surface area contributed by atoms with Gasteiger partial charge in [-0.15, -0.1) is 0 Å². The molecule has 1 aliphatic heterocycles. The van der Waals surface area contributed by atoms with Gasteiger partial charge in [0.25, 0.3) is 0 Å². The average molecular weight is 143 g/mol. The van der Waals surface area contributed by atoms with Gasteiger partial charge in [-0.25, -0.2) is 0 Å². The van der Waals surface area contributed by atoms with Crippen LogP contribution in [0.15, 0.2) is 5.10 Å². The normalized spacial score (nSPS) is 25.6. The lowest BCUT2D eigenvalue weighted by molar-refractivity contribution is -0.0688. The van der Waals surface area contributed by atoms with Gasteiger partial charge in [0.2, 0.25) is 6.35 Å². The second-order valence-electron chi connectivity index (χ2n) is 2.39. The Morgan fingerprint density at radius 2 is 2.10 bits per heavy atom. The first-order chi connectivity index (χ1) is 4.66. The molecule has 0 aromatic rings. The molecule has 0 amide bonds. The first-order valence-corrected chi connectivity index (χ1v) is 3.20. The fraction of sp³-hybridized carbons (Fsp3) is 0.833. The Hall–Kier alpha value is -0.770. The summed E-state index contributed by atoms with van der Waals surface area (Å²) < 4.78 is 5.14. The van der Waals surface area contributed by atoms with Gasteiger partial charge in [0.15, 0.2) is 0 Å². The lowest BCUT2D eigenvalue weighted by Crippen LogP contribution is -2.38. The van der Waals surface area contributed by atoms with Crippen LogP contribution in [0.2, 0.25) is 0 Å². The Labute approximate surface area is 61.1 Å². The summed E-state index contributed by atoms with van der Waals surface area (Å²) in [5.41, 5.74) is 0. The molecule has 1 heterocycles. The van der Waals surface area contributed by atoms with Gasteiger partial charge in [0, 0.05) is 21.2 Å². The maximum atomic E-state index is 5.14. The number of rotatable bonds is 1. The first kappa shape index (κ1) is 7.34. The third kappa shape index (κ3) is 0.945. The molecule has 0 N–H and O–H groups in total. The maximum Gasteiger partial charge on any atom is 0.225 e. The first-order valence-electron chi connectivity index (χ1n) is 3.20. The van der Waals surface area contributed by atoms with Crippen LogP contribution < -0.4 is 0 Å². The highest BCUT2D eigenvalue weighted by molar-refractivity contribution is 5.80. The molecular weight excluding hydrogens is 130 g/mol. The van der Waals surface area contributed by atoms with Crippen molar-refractivity contribution in [2.75, 3.05) is 21.2 Å². The minimum absolute atomic E-state index is 0.0278. The predicted octanol–water partition coefficient (Wildman–Crippen LogP) is 0.127. The summed E-state index contributed by atoms with van der Waals surface area (Å²) in [6.07, 6.45) is -0.0278. The van der Waals surface area contributed by atoms with E-state index in [2.05, 4.69) is 5.10 Å². The largest absolute Gasteiger partial charge is 0.343 e. The average Bonchev–Trinajstić information content (AvgIpc) is 2.09. The Balaban J connectivity index is 2.66. The van der Waals surface area contributed by atoms with Gasteiger partial charge in [-0.2, -0.15) is 5.10 Å². The second kappa shape index (κ2) is 2.46. The third-order valence-corrected chi connectivity index (χ3v) is 1.67. The maximum absolute atomic E-state index is 5.14. The molecule has 4 heteroatoms. The summed E-state index contributed by atoms with van der Waals surface area (Å²) in [6, 6.07) is 0. The number of methoxy groups -OCH3 is 1. The van der Waals surface area contributed by atoms with E-state index in [0.717, 1.165) is 5.84 Å². The summed E-state index contributed by atoms with van der Waals surface area (Å²) in [5.74, 6) is 0.981. The molecule has 0 radical (unpaired) electrons. The zero-order valence-electron chi connectivity index (χ0n) is 6.83. The highest BCUT2D eigenvalue weighted by atomic mass is 16.5. The van der Waals surface area contributed by atoms with Gasteiger partial charge < -0.3 is 9.64 Å². The molecule has 0 fully saturated rings. The molecule has 1 rings (SSSR count). The number of hydrogen-bond acceptors (Lipinski definition) is 4. The Morgan fingerprint density at radius 1 is 1.50 bits per heavy atom. The zero-order chi connectivity index (χ0) is 7.72. The van der Waals surface area contributed by atoms with Gasteiger partial charge in [0.05, 0.1) is 0 Å². The van der Waals surface area contributed by atoms with Crippen molar-refractivity contribution in [2.45, 2.75) is 13.3 Å². The zero-order valence-corrected chi connectivity index (χ0v) is 6.83. The highest BCUT2D eigenvalue weighted by Gasteiger charge is 2.25. The van der Waals surface area contributed by atoms with Crippen LogP contribution >= 0.6 is 0 Å². The van der Waals surface area contributed by atoms with Crippen LogP contribution in [0.5, 0.6) is 0 Å². The van der Waals surface area contributed by atoms with Crippen LogP contribution in [0.1, 0.15) is 6.92 Å². The summed E-state index contributed by atoms with van der Waals surface area (Å²) in [7, 11) is 5.52. The summed E-state index contributed by atoms with van der Waals surface area (Å²) >= 11 is 0. The monoisotopic (exact) mass is 143 g/mol. The van der Waals surface area contributed by atoms with Crippen molar-refractivity contribution in [3.63, 3.8) is 0 Å². The van der Waals surface area contributed by atoms with E-state index in [0.29, 0.717) is 0 Å². The van der Waals surface area contributed by atoms with E-state index in [1.165, 1.54) is 0 Å². The molecule has 0 saturated carbocycles. The molecule has 0 bridgehead atoms. The molecule has 10 heavy (non-hydrogen) atoms. The molecule has 0 spiro atoms. The van der Waals surface area contributed by atoms with E-state index < -0.39 is 0 Å². The molecule has 0 saturated heterocycles. The van der Waals surface area contributed by atoms with Gasteiger partial charge in [-0.05, 0) is 6.92 Å². The SMILES string of the molecule is COC1N(C)N=C(C)N1C. The Morgan fingerprint density at radius 3 is 2.30 bits per heavy atom. The van der Waals surface area contributed by atoms with E-state index in [-0.39, 0.29) is 6.35 Å². The molecule has 0 aliphatic carbocycles. The van der Waals surface area contributed by atoms with Crippen molar-refractivity contribution >= 4 is 5.84 Å². The third-order valence-electron chi connectivity index (χ3n) is 1.67. The van der Waals surface area contributed by atoms with E-state index in [9.17, 15) is 0 Å². The van der Waals surface area contributed by atoms with Crippen molar-refractivity contribution in [3.05, 3.63) is 0 Å². The van der Waals surface area contributed by atoms with Crippen molar-refractivity contribution in [1.82, 2.24) is 9.91 Å². The highest BCUT2D eigenvalue weighted by Crippen LogP contribution is 2.11. The number of hydrazone groups is 1. The van der Waals surface area contributed by atoms with E-state index in [4.69, 9.17) is 4.74 Å². The molecule has 0 aromatic heterocycles. The van der Waals surface area contributed by atoms with Crippen LogP contribution in [0.4, 0.5) is 0 Å². The molecule has 58 valence electrons. The quantitative estimate of drug-likeness (QED) is 0.522. The van der Waals surface area contributed by atoms with Gasteiger partial charge in [0.1, 0.15) is 5.84 Å². The number of amidine groups is 1.